The summed E-state index contributed by atoms with van der Waals surface area (Å²) in [7, 11) is 3.95. The molecule has 3 rings (SSSR count). The van der Waals surface area contributed by atoms with Crippen LogP contribution in [0.15, 0.2) is 24.3 Å². The minimum Gasteiger partial charge on any atom is -0.351 e. The summed E-state index contributed by atoms with van der Waals surface area (Å²) in [6, 6.07) is 7.53. The van der Waals surface area contributed by atoms with Gasteiger partial charge in [0.15, 0.2) is 0 Å². The molecule has 0 aromatic heterocycles. The van der Waals surface area contributed by atoms with Crippen molar-refractivity contribution >= 4 is 11.9 Å². The lowest BCUT2D eigenvalue weighted by Crippen LogP contribution is -2.49. The number of carbonyl (C=O) groups is 2. The molecule has 0 spiro atoms. The smallest absolute Gasteiger partial charge is 0.315 e. The fourth-order valence-electron chi connectivity index (χ4n) is 5.13. The van der Waals surface area contributed by atoms with Crippen LogP contribution in [-0.4, -0.2) is 50.1 Å². The molecule has 6 heteroatoms. The van der Waals surface area contributed by atoms with Crippen molar-refractivity contribution in [3.63, 3.8) is 0 Å². The second kappa shape index (κ2) is 8.34. The van der Waals surface area contributed by atoms with Crippen LogP contribution in [0.2, 0.25) is 0 Å². The Hall–Kier alpha value is -2.08. The van der Waals surface area contributed by atoms with Crippen LogP contribution >= 0.6 is 0 Å². The van der Waals surface area contributed by atoms with E-state index in [-0.39, 0.29) is 28.8 Å². The lowest BCUT2D eigenvalue weighted by Gasteiger charge is -2.39. The normalized spacial score (nSPS) is 27.1. The van der Waals surface area contributed by atoms with E-state index in [1.165, 1.54) is 12.8 Å². The molecule has 2 aliphatic rings. The van der Waals surface area contributed by atoms with Gasteiger partial charge < -0.3 is 20.9 Å². The van der Waals surface area contributed by atoms with Gasteiger partial charge in [0.1, 0.15) is 0 Å². The number of benzene rings is 1. The number of nitrogens with one attached hydrogen (secondary N) is 3. The van der Waals surface area contributed by atoms with Crippen molar-refractivity contribution < 1.29 is 9.59 Å². The number of fused-ring (bicyclic) bond motifs is 2. The molecular formula is C23H36N4O2. The SMILES string of the molecule is CN(C)CCNC(=O)c1cccc(CNC(=O)NC2CC3CCC2(C)C3(C)C)c1. The average Bonchev–Trinajstić information content (AvgIpc) is 3.00. The molecule has 2 fully saturated rings. The highest BCUT2D eigenvalue weighted by Crippen LogP contribution is 2.65. The second-order valence-electron chi connectivity index (χ2n) is 9.75. The first-order valence-electron chi connectivity index (χ1n) is 10.7. The highest BCUT2D eigenvalue weighted by atomic mass is 16.2. The molecule has 2 bridgehead atoms. The van der Waals surface area contributed by atoms with Crippen molar-refractivity contribution in [1.29, 1.82) is 0 Å². The van der Waals surface area contributed by atoms with Crippen LogP contribution in [0.5, 0.6) is 0 Å². The van der Waals surface area contributed by atoms with E-state index in [1.807, 2.05) is 37.2 Å². The first kappa shape index (κ1) is 21.6. The van der Waals surface area contributed by atoms with Gasteiger partial charge in [-0.15, -0.1) is 0 Å². The summed E-state index contributed by atoms with van der Waals surface area (Å²) in [6.07, 6.45) is 3.52. The molecule has 3 N–H and O–H groups in total. The van der Waals surface area contributed by atoms with Crippen LogP contribution in [0, 0.1) is 16.7 Å². The Balaban J connectivity index is 1.50. The van der Waals surface area contributed by atoms with Gasteiger partial charge in [-0.25, -0.2) is 4.79 Å². The summed E-state index contributed by atoms with van der Waals surface area (Å²) >= 11 is 0. The molecule has 3 amide bonds. The highest BCUT2D eigenvalue weighted by Gasteiger charge is 2.61. The number of likely N-dealkylation sites (N-methyl/N-ethyl adjacent to an activating group) is 1. The third-order valence-electron chi connectivity index (χ3n) is 7.59. The van der Waals surface area contributed by atoms with Crippen molar-refractivity contribution in [1.82, 2.24) is 20.9 Å². The third-order valence-corrected chi connectivity index (χ3v) is 7.59. The van der Waals surface area contributed by atoms with Gasteiger partial charge in [-0.1, -0.05) is 32.9 Å². The lowest BCUT2D eigenvalue weighted by molar-refractivity contribution is 0.0951. The van der Waals surface area contributed by atoms with Gasteiger partial charge in [-0.2, -0.15) is 0 Å². The third kappa shape index (κ3) is 4.42. The molecule has 3 atom stereocenters. The van der Waals surface area contributed by atoms with Gasteiger partial charge in [0.25, 0.3) is 5.91 Å². The van der Waals surface area contributed by atoms with Crippen molar-refractivity contribution in [2.24, 2.45) is 16.7 Å². The van der Waals surface area contributed by atoms with Crippen LogP contribution in [0.1, 0.15) is 56.0 Å². The number of rotatable bonds is 7. The summed E-state index contributed by atoms with van der Waals surface area (Å²) in [5, 5.41) is 9.10. The predicted octanol–water partition coefficient (Wildman–Crippen LogP) is 2.99. The molecule has 160 valence electrons. The van der Waals surface area contributed by atoms with Gasteiger partial charge in [0, 0.05) is 31.2 Å². The number of carbonyl (C=O) groups excluding carboxylic acids is 2. The largest absolute Gasteiger partial charge is 0.351 e. The molecule has 0 saturated heterocycles. The Kier molecular flexibility index (Phi) is 6.22. The van der Waals surface area contributed by atoms with Crippen molar-refractivity contribution in [3.05, 3.63) is 35.4 Å². The molecule has 2 aliphatic carbocycles. The van der Waals surface area contributed by atoms with Crippen molar-refractivity contribution in [2.45, 2.75) is 52.6 Å². The van der Waals surface area contributed by atoms with Gasteiger partial charge in [0.05, 0.1) is 0 Å². The quantitative estimate of drug-likeness (QED) is 0.659. The zero-order valence-corrected chi connectivity index (χ0v) is 18.5. The van der Waals surface area contributed by atoms with E-state index in [1.54, 1.807) is 6.07 Å². The van der Waals surface area contributed by atoms with E-state index in [4.69, 9.17) is 0 Å². The van der Waals surface area contributed by atoms with Crippen molar-refractivity contribution in [3.8, 4) is 0 Å². The van der Waals surface area contributed by atoms with Gasteiger partial charge in [0.2, 0.25) is 0 Å². The van der Waals surface area contributed by atoms with E-state index in [9.17, 15) is 9.59 Å². The van der Waals surface area contributed by atoms with E-state index in [2.05, 4.69) is 36.7 Å². The van der Waals surface area contributed by atoms with Crippen LogP contribution in [0.25, 0.3) is 0 Å². The van der Waals surface area contributed by atoms with Crippen LogP contribution in [-0.2, 0) is 6.54 Å². The molecule has 3 unspecified atom stereocenters. The fraction of sp³-hybridized carbons (Fsp3) is 0.652. The highest BCUT2D eigenvalue weighted by molar-refractivity contribution is 5.94. The summed E-state index contributed by atoms with van der Waals surface area (Å²) in [5.41, 5.74) is 1.98. The standard InChI is InChI=1S/C23H36N4O2/c1-22(2)18-9-10-23(22,3)19(14-18)26-21(29)25-15-16-7-6-8-17(13-16)20(28)24-11-12-27(4)5/h6-8,13,18-19H,9-12,14-15H2,1-5H3,(H,24,28)(H2,25,26,29). The first-order valence-corrected chi connectivity index (χ1v) is 10.7. The Morgan fingerprint density at radius 1 is 1.17 bits per heavy atom. The minimum absolute atomic E-state index is 0.0877. The number of hydrogen-bond donors (Lipinski definition) is 3. The van der Waals surface area contributed by atoms with Crippen molar-refractivity contribution in [2.75, 3.05) is 27.2 Å². The van der Waals surface area contributed by atoms with E-state index < -0.39 is 0 Å². The molecule has 0 aliphatic heterocycles. The minimum atomic E-state index is -0.125. The summed E-state index contributed by atoms with van der Waals surface area (Å²) in [4.78, 5) is 26.8. The molecule has 0 radical (unpaired) electrons. The van der Waals surface area contributed by atoms with E-state index in [0.717, 1.165) is 18.5 Å². The molecule has 1 aromatic rings. The summed E-state index contributed by atoms with van der Waals surface area (Å²) < 4.78 is 0. The zero-order chi connectivity index (χ0) is 21.2. The number of hydrogen-bond acceptors (Lipinski definition) is 3. The van der Waals surface area contributed by atoms with Gasteiger partial charge in [-0.3, -0.25) is 4.79 Å². The summed E-state index contributed by atoms with van der Waals surface area (Å²) in [5.74, 6) is 0.607. The van der Waals surface area contributed by atoms with Gasteiger partial charge >= 0.3 is 6.03 Å². The first-order chi connectivity index (χ1) is 13.6. The lowest BCUT2D eigenvalue weighted by atomic mass is 9.69. The topological polar surface area (TPSA) is 73.5 Å². The Morgan fingerprint density at radius 3 is 2.55 bits per heavy atom. The summed E-state index contributed by atoms with van der Waals surface area (Å²) in [6.45, 7) is 8.82. The number of urea groups is 1. The number of amides is 3. The molecular weight excluding hydrogens is 364 g/mol. The van der Waals surface area contributed by atoms with Crippen LogP contribution in [0.3, 0.4) is 0 Å². The predicted molar refractivity (Wildman–Crippen MR) is 116 cm³/mol. The Labute approximate surface area is 174 Å². The maximum atomic E-state index is 12.5. The Bertz CT molecular complexity index is 761. The van der Waals surface area contributed by atoms with E-state index in [0.29, 0.717) is 24.6 Å². The monoisotopic (exact) mass is 400 g/mol. The molecule has 29 heavy (non-hydrogen) atoms. The zero-order valence-electron chi connectivity index (χ0n) is 18.5. The average molecular weight is 401 g/mol. The molecule has 0 heterocycles. The maximum absolute atomic E-state index is 12.5. The molecule has 6 nitrogen and oxygen atoms in total. The maximum Gasteiger partial charge on any atom is 0.315 e. The van der Waals surface area contributed by atoms with Gasteiger partial charge in [-0.05, 0) is 67.8 Å². The van der Waals surface area contributed by atoms with Crippen LogP contribution in [0.4, 0.5) is 4.79 Å². The fourth-order valence-corrected chi connectivity index (χ4v) is 5.13. The van der Waals surface area contributed by atoms with E-state index >= 15 is 0 Å². The second-order valence-corrected chi connectivity index (χ2v) is 9.75. The molecule has 1 aromatic carbocycles. The van der Waals surface area contributed by atoms with Crippen LogP contribution < -0.4 is 16.0 Å². The number of nitrogens with zero attached hydrogens (tertiary/aromatic N) is 1. The molecule has 2 saturated carbocycles. The Morgan fingerprint density at radius 2 is 1.93 bits per heavy atom.